The molecule has 3 heteroatoms. The van der Waals surface area contributed by atoms with Gasteiger partial charge in [0, 0.05) is 12.6 Å². The van der Waals surface area contributed by atoms with Gasteiger partial charge in [0.05, 0.1) is 12.7 Å². The van der Waals surface area contributed by atoms with Crippen LogP contribution in [0.5, 0.6) is 0 Å². The molecule has 0 bridgehead atoms. The summed E-state index contributed by atoms with van der Waals surface area (Å²) in [6.45, 7) is 9.02. The van der Waals surface area contributed by atoms with Gasteiger partial charge in [-0.1, -0.05) is 13.8 Å². The number of nitrogens with one attached hydrogen (secondary N) is 1. The second-order valence-corrected chi connectivity index (χ2v) is 4.97. The number of rotatable bonds is 6. The van der Waals surface area contributed by atoms with Gasteiger partial charge in [-0.05, 0) is 38.1 Å². The molecule has 1 aliphatic heterocycles. The maximum Gasteiger partial charge on any atom is 0.0575 e. The molecule has 15 heavy (non-hydrogen) atoms. The second kappa shape index (κ2) is 6.46. The van der Waals surface area contributed by atoms with E-state index in [4.69, 9.17) is 4.74 Å². The van der Waals surface area contributed by atoms with E-state index in [0.717, 1.165) is 26.2 Å². The lowest BCUT2D eigenvalue weighted by atomic mass is 10.00. The van der Waals surface area contributed by atoms with Crippen molar-refractivity contribution in [2.45, 2.75) is 45.8 Å². The molecular formula is C12H25NO2. The Balaban J connectivity index is 2.08. The van der Waals surface area contributed by atoms with Crippen LogP contribution in [0.15, 0.2) is 0 Å². The molecule has 0 aromatic carbocycles. The summed E-state index contributed by atoms with van der Waals surface area (Å²) in [5.74, 6) is 1.01. The summed E-state index contributed by atoms with van der Waals surface area (Å²) in [6, 6.07) is 0.506. The number of aliphatic hydroxyl groups is 1. The fraction of sp³-hybridized carbons (Fsp3) is 1.00. The van der Waals surface area contributed by atoms with E-state index in [9.17, 15) is 5.11 Å². The van der Waals surface area contributed by atoms with E-state index in [1.807, 2.05) is 0 Å². The smallest absolute Gasteiger partial charge is 0.0575 e. The van der Waals surface area contributed by atoms with Crippen LogP contribution in [0.25, 0.3) is 0 Å². The molecule has 1 saturated heterocycles. The van der Waals surface area contributed by atoms with E-state index in [2.05, 4.69) is 26.1 Å². The fourth-order valence-corrected chi connectivity index (χ4v) is 1.91. The van der Waals surface area contributed by atoms with Crippen LogP contribution in [0.2, 0.25) is 0 Å². The minimum atomic E-state index is -0.176. The van der Waals surface area contributed by atoms with Gasteiger partial charge in [0.25, 0.3) is 0 Å². The lowest BCUT2D eigenvalue weighted by molar-refractivity contribution is 0.114. The molecule has 1 aliphatic rings. The van der Waals surface area contributed by atoms with E-state index in [-0.39, 0.29) is 6.10 Å². The Labute approximate surface area is 93.2 Å². The van der Waals surface area contributed by atoms with Crippen LogP contribution in [0.3, 0.4) is 0 Å². The van der Waals surface area contributed by atoms with Gasteiger partial charge in [-0.2, -0.15) is 0 Å². The zero-order valence-corrected chi connectivity index (χ0v) is 10.2. The summed E-state index contributed by atoms with van der Waals surface area (Å²) in [5, 5.41) is 13.1. The van der Waals surface area contributed by atoms with Gasteiger partial charge in [0.2, 0.25) is 0 Å². The van der Waals surface area contributed by atoms with Crippen LogP contribution in [0.4, 0.5) is 0 Å². The predicted octanol–water partition coefficient (Wildman–Crippen LogP) is 1.41. The fourth-order valence-electron chi connectivity index (χ4n) is 1.91. The van der Waals surface area contributed by atoms with Crippen molar-refractivity contribution in [1.29, 1.82) is 0 Å². The molecule has 3 atom stereocenters. The van der Waals surface area contributed by atoms with Crippen molar-refractivity contribution in [3.63, 3.8) is 0 Å². The molecule has 0 amide bonds. The summed E-state index contributed by atoms with van der Waals surface area (Å²) >= 11 is 0. The maximum absolute atomic E-state index is 9.64. The molecule has 90 valence electrons. The average molecular weight is 215 g/mol. The summed E-state index contributed by atoms with van der Waals surface area (Å²) in [6.07, 6.45) is 1.83. The third kappa shape index (κ3) is 4.49. The normalized spacial score (nSPS) is 25.8. The largest absolute Gasteiger partial charge is 0.393 e. The number of hydrogen-bond acceptors (Lipinski definition) is 3. The topological polar surface area (TPSA) is 41.5 Å². The molecule has 0 aliphatic carbocycles. The van der Waals surface area contributed by atoms with E-state index in [1.165, 1.54) is 6.42 Å². The van der Waals surface area contributed by atoms with Gasteiger partial charge < -0.3 is 15.2 Å². The Kier molecular flexibility index (Phi) is 5.58. The van der Waals surface area contributed by atoms with Crippen LogP contribution in [0, 0.1) is 11.8 Å². The highest BCUT2D eigenvalue weighted by Crippen LogP contribution is 2.16. The first-order chi connectivity index (χ1) is 7.11. The van der Waals surface area contributed by atoms with Crippen molar-refractivity contribution < 1.29 is 9.84 Å². The monoisotopic (exact) mass is 215 g/mol. The zero-order valence-electron chi connectivity index (χ0n) is 10.2. The average Bonchev–Trinajstić information content (AvgIpc) is 2.70. The molecule has 0 radical (unpaired) electrons. The molecule has 0 aromatic rings. The molecule has 3 nitrogen and oxygen atoms in total. The van der Waals surface area contributed by atoms with Crippen LogP contribution in [0.1, 0.15) is 33.6 Å². The Morgan fingerprint density at radius 3 is 2.67 bits per heavy atom. The highest BCUT2D eigenvalue weighted by molar-refractivity contribution is 4.76. The molecule has 0 saturated carbocycles. The van der Waals surface area contributed by atoms with E-state index < -0.39 is 0 Å². The lowest BCUT2D eigenvalue weighted by Gasteiger charge is -2.21. The van der Waals surface area contributed by atoms with E-state index in [1.54, 1.807) is 0 Å². The number of ether oxygens (including phenoxy) is 1. The molecule has 1 heterocycles. The van der Waals surface area contributed by atoms with Gasteiger partial charge in [-0.25, -0.2) is 0 Å². The zero-order chi connectivity index (χ0) is 11.3. The second-order valence-electron chi connectivity index (χ2n) is 4.97. The van der Waals surface area contributed by atoms with Gasteiger partial charge in [-0.3, -0.25) is 0 Å². The van der Waals surface area contributed by atoms with E-state index in [0.29, 0.717) is 17.9 Å². The molecule has 1 fully saturated rings. The molecule has 0 aromatic heterocycles. The van der Waals surface area contributed by atoms with Crippen LogP contribution < -0.4 is 5.32 Å². The van der Waals surface area contributed by atoms with Crippen molar-refractivity contribution in [3.8, 4) is 0 Å². The highest BCUT2D eigenvalue weighted by Gasteiger charge is 2.21. The third-order valence-corrected chi connectivity index (χ3v) is 3.35. The summed E-state index contributed by atoms with van der Waals surface area (Å²) in [4.78, 5) is 0. The molecular weight excluding hydrogens is 190 g/mol. The Morgan fingerprint density at radius 1 is 1.40 bits per heavy atom. The van der Waals surface area contributed by atoms with Crippen LogP contribution >= 0.6 is 0 Å². The Hall–Kier alpha value is -0.120. The van der Waals surface area contributed by atoms with Crippen molar-refractivity contribution in [1.82, 2.24) is 5.32 Å². The number of hydrogen-bond donors (Lipinski definition) is 2. The summed E-state index contributed by atoms with van der Waals surface area (Å²) in [5.41, 5.74) is 0. The summed E-state index contributed by atoms with van der Waals surface area (Å²) < 4.78 is 5.35. The van der Waals surface area contributed by atoms with Crippen LogP contribution in [-0.4, -0.2) is 37.0 Å². The molecule has 2 N–H and O–H groups in total. The molecule has 0 spiro atoms. The highest BCUT2D eigenvalue weighted by atomic mass is 16.5. The molecule has 3 unspecified atom stereocenters. The Morgan fingerprint density at radius 2 is 2.13 bits per heavy atom. The third-order valence-electron chi connectivity index (χ3n) is 3.35. The van der Waals surface area contributed by atoms with Crippen molar-refractivity contribution in [2.24, 2.45) is 11.8 Å². The van der Waals surface area contributed by atoms with Crippen molar-refractivity contribution in [2.75, 3.05) is 19.8 Å². The Bertz CT molecular complexity index is 167. The standard InChI is InChI=1S/C12H25NO2/c1-9(2)12(14)4-6-13-10(3)11-5-7-15-8-11/h9-14H,4-8H2,1-3H3. The summed E-state index contributed by atoms with van der Waals surface area (Å²) in [7, 11) is 0. The first-order valence-electron chi connectivity index (χ1n) is 6.10. The minimum Gasteiger partial charge on any atom is -0.393 e. The minimum absolute atomic E-state index is 0.176. The molecule has 1 rings (SSSR count). The van der Waals surface area contributed by atoms with Crippen LogP contribution in [-0.2, 0) is 4.74 Å². The lowest BCUT2D eigenvalue weighted by Crippen LogP contribution is -2.36. The number of aliphatic hydroxyl groups excluding tert-OH is 1. The first kappa shape index (κ1) is 12.9. The van der Waals surface area contributed by atoms with Crippen molar-refractivity contribution >= 4 is 0 Å². The van der Waals surface area contributed by atoms with Gasteiger partial charge in [0.1, 0.15) is 0 Å². The maximum atomic E-state index is 9.64. The first-order valence-corrected chi connectivity index (χ1v) is 6.10. The SMILES string of the molecule is CC(C)C(O)CCNC(C)C1CCOC1. The quantitative estimate of drug-likeness (QED) is 0.704. The predicted molar refractivity (Wildman–Crippen MR) is 61.9 cm³/mol. The van der Waals surface area contributed by atoms with E-state index >= 15 is 0 Å². The van der Waals surface area contributed by atoms with Gasteiger partial charge in [0.15, 0.2) is 0 Å². The van der Waals surface area contributed by atoms with Gasteiger partial charge in [-0.15, -0.1) is 0 Å². The van der Waals surface area contributed by atoms with Crippen molar-refractivity contribution in [3.05, 3.63) is 0 Å². The van der Waals surface area contributed by atoms with Gasteiger partial charge >= 0.3 is 0 Å².